The van der Waals surface area contributed by atoms with Crippen LogP contribution in [0.4, 0.5) is 4.79 Å². The number of alkyl halides is 2. The third-order valence-electron chi connectivity index (χ3n) is 7.47. The Bertz CT molecular complexity index is 809. The quantitative estimate of drug-likeness (QED) is 0.614. The van der Waals surface area contributed by atoms with Crippen molar-refractivity contribution in [2.24, 2.45) is 11.8 Å². The lowest BCUT2D eigenvalue weighted by Crippen LogP contribution is -2.64. The summed E-state index contributed by atoms with van der Waals surface area (Å²) in [7, 11) is -2.03. The van der Waals surface area contributed by atoms with Gasteiger partial charge in [-0.05, 0) is 51.9 Å². The van der Waals surface area contributed by atoms with Crippen molar-refractivity contribution in [2.45, 2.75) is 85.9 Å². The van der Waals surface area contributed by atoms with Crippen molar-refractivity contribution in [3.63, 3.8) is 0 Å². The molecule has 170 valence electrons. The summed E-state index contributed by atoms with van der Waals surface area (Å²) in [6.45, 7) is 2.32. The molecule has 0 aromatic heterocycles. The number of nitrogens with zero attached hydrogens (tertiary/aromatic N) is 2. The maximum absolute atomic E-state index is 13.0. The van der Waals surface area contributed by atoms with Crippen molar-refractivity contribution in [1.82, 2.24) is 14.5 Å². The van der Waals surface area contributed by atoms with Gasteiger partial charge >= 0.3 is 6.03 Å². The molecular formula is C20H31Cl2N3O4S. The first kappa shape index (κ1) is 22.6. The van der Waals surface area contributed by atoms with Gasteiger partial charge in [0.05, 0.1) is 11.2 Å². The maximum Gasteiger partial charge on any atom is 0.326 e. The monoisotopic (exact) mass is 479 g/mol. The summed E-state index contributed by atoms with van der Waals surface area (Å²) in [5.74, 6) is -0.834. The van der Waals surface area contributed by atoms with Gasteiger partial charge in [-0.25, -0.2) is 17.9 Å². The average molecular weight is 480 g/mol. The van der Waals surface area contributed by atoms with Gasteiger partial charge in [-0.15, -0.1) is 23.2 Å². The van der Waals surface area contributed by atoms with E-state index < -0.39 is 21.2 Å². The number of sulfonamides is 1. The van der Waals surface area contributed by atoms with Crippen molar-refractivity contribution in [3.8, 4) is 0 Å². The predicted molar refractivity (Wildman–Crippen MR) is 116 cm³/mol. The molecule has 10 heteroatoms. The highest BCUT2D eigenvalue weighted by Gasteiger charge is 2.52. The van der Waals surface area contributed by atoms with Crippen LogP contribution in [0.1, 0.15) is 58.3 Å². The first-order valence-electron chi connectivity index (χ1n) is 10.9. The van der Waals surface area contributed by atoms with E-state index in [4.69, 9.17) is 23.2 Å². The number of imide groups is 1. The fourth-order valence-electron chi connectivity index (χ4n) is 5.26. The van der Waals surface area contributed by atoms with Crippen LogP contribution in [0, 0.1) is 11.8 Å². The smallest absolute Gasteiger partial charge is 0.320 e. The Labute approximate surface area is 188 Å². The Morgan fingerprint density at radius 2 is 1.73 bits per heavy atom. The Morgan fingerprint density at radius 3 is 2.33 bits per heavy atom. The van der Waals surface area contributed by atoms with Gasteiger partial charge in [0.2, 0.25) is 15.9 Å². The highest BCUT2D eigenvalue weighted by Crippen LogP contribution is 2.41. The summed E-state index contributed by atoms with van der Waals surface area (Å²) >= 11 is 13.1. The molecule has 5 atom stereocenters. The zero-order valence-electron chi connectivity index (χ0n) is 17.5. The van der Waals surface area contributed by atoms with E-state index in [-0.39, 0.29) is 46.6 Å². The molecule has 0 aromatic rings. The predicted octanol–water partition coefficient (Wildman–Crippen LogP) is 2.90. The van der Waals surface area contributed by atoms with E-state index in [1.165, 1.54) is 7.05 Å². The number of halogens is 2. The lowest BCUT2D eigenvalue weighted by molar-refractivity contribution is -0.139. The highest BCUT2D eigenvalue weighted by atomic mass is 35.5. The van der Waals surface area contributed by atoms with Crippen LogP contribution in [-0.2, 0) is 14.8 Å². The third kappa shape index (κ3) is 4.21. The Hall–Kier alpha value is -0.570. The van der Waals surface area contributed by atoms with E-state index in [1.54, 1.807) is 4.90 Å². The number of hydrogen-bond donors (Lipinski definition) is 1. The Balaban J connectivity index is 1.52. The summed E-state index contributed by atoms with van der Waals surface area (Å²) in [6.07, 6.45) is 5.56. The SMILES string of the molecule is CN1C(=O)C2CC(S(=O)(=O)NC3(C)CC3)CCC2N(CC2C(Cl)CCCC2Cl)C1=O. The van der Waals surface area contributed by atoms with Gasteiger partial charge in [-0.3, -0.25) is 9.69 Å². The fraction of sp³-hybridized carbons (Fsp3) is 0.900. The van der Waals surface area contributed by atoms with E-state index in [0.717, 1.165) is 37.0 Å². The van der Waals surface area contributed by atoms with Gasteiger partial charge in [-0.2, -0.15) is 0 Å². The number of carbonyl (C=O) groups is 2. The molecule has 4 aliphatic rings. The second-order valence-corrected chi connectivity index (χ2v) is 12.9. The van der Waals surface area contributed by atoms with Gasteiger partial charge in [0.15, 0.2) is 0 Å². The van der Waals surface area contributed by atoms with Crippen molar-refractivity contribution >= 4 is 45.2 Å². The van der Waals surface area contributed by atoms with E-state index in [0.29, 0.717) is 19.4 Å². The minimum absolute atomic E-state index is 0.0359. The number of urea groups is 1. The molecule has 1 saturated heterocycles. The summed E-state index contributed by atoms with van der Waals surface area (Å²) < 4.78 is 28.6. The summed E-state index contributed by atoms with van der Waals surface area (Å²) in [4.78, 5) is 28.8. The molecule has 3 amide bonds. The summed E-state index contributed by atoms with van der Waals surface area (Å²) in [5, 5.41) is -0.814. The van der Waals surface area contributed by atoms with Crippen LogP contribution in [0.15, 0.2) is 0 Å². The molecule has 1 N–H and O–H groups in total. The molecule has 0 spiro atoms. The topological polar surface area (TPSA) is 86.8 Å². The minimum atomic E-state index is -3.51. The second kappa shape index (κ2) is 8.09. The molecule has 0 radical (unpaired) electrons. The first-order valence-corrected chi connectivity index (χ1v) is 13.3. The van der Waals surface area contributed by atoms with Crippen LogP contribution in [0.3, 0.4) is 0 Å². The minimum Gasteiger partial charge on any atom is -0.320 e. The zero-order valence-corrected chi connectivity index (χ0v) is 19.8. The van der Waals surface area contributed by atoms with Crippen LogP contribution in [0.5, 0.6) is 0 Å². The van der Waals surface area contributed by atoms with Gasteiger partial charge in [0, 0.05) is 41.8 Å². The molecule has 3 aliphatic carbocycles. The summed E-state index contributed by atoms with van der Waals surface area (Å²) in [6, 6.07) is -0.622. The number of amides is 3. The largest absolute Gasteiger partial charge is 0.326 e. The van der Waals surface area contributed by atoms with Crippen molar-refractivity contribution < 1.29 is 18.0 Å². The number of nitrogens with one attached hydrogen (secondary N) is 1. The molecule has 5 unspecified atom stereocenters. The van der Waals surface area contributed by atoms with Gasteiger partial charge in [-0.1, -0.05) is 6.42 Å². The molecule has 30 heavy (non-hydrogen) atoms. The van der Waals surface area contributed by atoms with Crippen LogP contribution < -0.4 is 4.72 Å². The molecule has 1 aliphatic heterocycles. The van der Waals surface area contributed by atoms with Crippen LogP contribution in [0.2, 0.25) is 0 Å². The van der Waals surface area contributed by atoms with Crippen LogP contribution in [-0.4, -0.2) is 71.3 Å². The van der Waals surface area contributed by atoms with E-state index in [9.17, 15) is 18.0 Å². The van der Waals surface area contributed by atoms with Gasteiger partial charge in [0.25, 0.3) is 0 Å². The number of rotatable bonds is 5. The number of fused-ring (bicyclic) bond motifs is 1. The van der Waals surface area contributed by atoms with Gasteiger partial charge in [0.1, 0.15) is 0 Å². The zero-order chi connectivity index (χ0) is 21.8. The van der Waals surface area contributed by atoms with E-state index in [2.05, 4.69) is 4.72 Å². The third-order valence-corrected chi connectivity index (χ3v) is 10.6. The molecule has 4 fully saturated rings. The van der Waals surface area contributed by atoms with E-state index in [1.807, 2.05) is 6.92 Å². The lowest BCUT2D eigenvalue weighted by atomic mass is 9.79. The molecule has 0 bridgehead atoms. The number of carbonyl (C=O) groups excluding carboxylic acids is 2. The molecule has 4 rings (SSSR count). The average Bonchev–Trinajstić information content (AvgIpc) is 3.40. The Morgan fingerprint density at radius 1 is 1.10 bits per heavy atom. The standard InChI is InChI=1S/C20H31Cl2N3O4S/c1-20(8-9-20)23-30(28,29)12-6-7-17-13(10-12)18(26)24(2)19(27)25(17)11-14-15(21)4-3-5-16(14)22/h12-17,23H,3-11H2,1-2H3. The molecule has 3 saturated carbocycles. The van der Waals surface area contributed by atoms with Crippen LogP contribution in [0.25, 0.3) is 0 Å². The van der Waals surface area contributed by atoms with Crippen molar-refractivity contribution in [3.05, 3.63) is 0 Å². The van der Waals surface area contributed by atoms with Crippen LogP contribution >= 0.6 is 23.2 Å². The maximum atomic E-state index is 13.0. The molecule has 0 aromatic carbocycles. The van der Waals surface area contributed by atoms with Gasteiger partial charge < -0.3 is 4.90 Å². The lowest BCUT2D eigenvalue weighted by Gasteiger charge is -2.49. The normalized spacial score (nSPS) is 39.1. The fourth-order valence-corrected chi connectivity index (χ4v) is 8.12. The first-order chi connectivity index (χ1) is 14.0. The van der Waals surface area contributed by atoms with Crippen molar-refractivity contribution in [2.75, 3.05) is 13.6 Å². The molecule has 7 nitrogen and oxygen atoms in total. The highest BCUT2D eigenvalue weighted by molar-refractivity contribution is 7.90. The Kier molecular flexibility index (Phi) is 6.10. The van der Waals surface area contributed by atoms with Crippen molar-refractivity contribution in [1.29, 1.82) is 0 Å². The van der Waals surface area contributed by atoms with E-state index >= 15 is 0 Å². The summed E-state index contributed by atoms with van der Waals surface area (Å²) in [5.41, 5.74) is -0.337. The number of hydrogen-bond acceptors (Lipinski definition) is 4. The molecule has 1 heterocycles. The second-order valence-electron chi connectivity index (χ2n) is 9.78. The molecular weight excluding hydrogens is 449 g/mol.